The Hall–Kier alpha value is -0.770. The lowest BCUT2D eigenvalue weighted by Gasteiger charge is -2.17. The van der Waals surface area contributed by atoms with Crippen LogP contribution in [0.15, 0.2) is 12.1 Å². The van der Waals surface area contributed by atoms with E-state index >= 15 is 0 Å². The molecule has 0 saturated carbocycles. The predicted molar refractivity (Wildman–Crippen MR) is 66.3 cm³/mol. The number of rotatable bonds is 5. The number of aliphatic hydroxyl groups excluding tert-OH is 1. The van der Waals surface area contributed by atoms with Gasteiger partial charge in [0, 0.05) is 12.1 Å². The Balaban J connectivity index is 3.16. The average molecular weight is 244 g/mol. The van der Waals surface area contributed by atoms with Crippen LogP contribution < -0.4 is 10.1 Å². The van der Waals surface area contributed by atoms with Crippen molar-refractivity contribution in [3.63, 3.8) is 0 Å². The number of ether oxygens (including phenoxy) is 1. The Labute approximate surface area is 101 Å². The van der Waals surface area contributed by atoms with Crippen LogP contribution in [0.3, 0.4) is 0 Å². The summed E-state index contributed by atoms with van der Waals surface area (Å²) < 4.78 is 5.22. The summed E-state index contributed by atoms with van der Waals surface area (Å²) in [6, 6.07) is 3.81. The van der Waals surface area contributed by atoms with Gasteiger partial charge in [-0.05, 0) is 31.2 Å². The molecular formula is C12H18ClNO2. The zero-order chi connectivity index (χ0) is 12.1. The quantitative estimate of drug-likeness (QED) is 0.833. The molecule has 0 aliphatic heterocycles. The van der Waals surface area contributed by atoms with Crippen molar-refractivity contribution in [2.24, 2.45) is 0 Å². The third-order valence-electron chi connectivity index (χ3n) is 2.50. The molecule has 3 nitrogen and oxygen atoms in total. The van der Waals surface area contributed by atoms with E-state index in [0.717, 1.165) is 17.5 Å². The Morgan fingerprint density at radius 2 is 2.19 bits per heavy atom. The highest BCUT2D eigenvalue weighted by atomic mass is 35.5. The summed E-state index contributed by atoms with van der Waals surface area (Å²) in [4.78, 5) is 0. The minimum atomic E-state index is -0.607. The van der Waals surface area contributed by atoms with Crippen molar-refractivity contribution in [3.05, 3.63) is 28.3 Å². The van der Waals surface area contributed by atoms with E-state index in [2.05, 4.69) is 5.32 Å². The Morgan fingerprint density at radius 3 is 2.69 bits per heavy atom. The molecule has 0 aliphatic rings. The lowest BCUT2D eigenvalue weighted by molar-refractivity contribution is 0.173. The van der Waals surface area contributed by atoms with Crippen LogP contribution in [0, 0.1) is 0 Å². The molecule has 0 aromatic heterocycles. The summed E-state index contributed by atoms with van der Waals surface area (Å²) in [7, 11) is 3.35. The van der Waals surface area contributed by atoms with Crippen LogP contribution in [0.4, 0.5) is 0 Å². The molecule has 0 heterocycles. The molecule has 4 heteroatoms. The number of nitrogens with one attached hydrogen (secondary N) is 1. The van der Waals surface area contributed by atoms with Crippen LogP contribution in [0.5, 0.6) is 5.75 Å². The van der Waals surface area contributed by atoms with E-state index in [4.69, 9.17) is 16.3 Å². The van der Waals surface area contributed by atoms with Gasteiger partial charge < -0.3 is 15.2 Å². The summed E-state index contributed by atoms with van der Waals surface area (Å²) >= 11 is 6.10. The minimum Gasteiger partial charge on any atom is -0.495 e. The molecule has 0 saturated heterocycles. The summed E-state index contributed by atoms with van der Waals surface area (Å²) in [5.74, 6) is 0.557. The number of likely N-dealkylation sites (N-methyl/N-ethyl adjacent to an activating group) is 1. The van der Waals surface area contributed by atoms with Gasteiger partial charge in [-0.15, -0.1) is 0 Å². The number of aryl methyl sites for hydroxylation is 1. The summed E-state index contributed by atoms with van der Waals surface area (Å²) in [5, 5.41) is 13.4. The van der Waals surface area contributed by atoms with Crippen molar-refractivity contribution >= 4 is 11.6 Å². The van der Waals surface area contributed by atoms with E-state index in [0.29, 0.717) is 17.3 Å². The van der Waals surface area contributed by atoms with Gasteiger partial charge in [-0.25, -0.2) is 0 Å². The molecule has 1 aromatic rings. The van der Waals surface area contributed by atoms with E-state index in [1.807, 2.05) is 19.1 Å². The summed E-state index contributed by atoms with van der Waals surface area (Å²) in [5.41, 5.74) is 1.83. The van der Waals surface area contributed by atoms with Crippen molar-refractivity contribution in [1.29, 1.82) is 0 Å². The Morgan fingerprint density at radius 1 is 1.50 bits per heavy atom. The summed E-state index contributed by atoms with van der Waals surface area (Å²) in [6.45, 7) is 2.52. The molecule has 1 rings (SSSR count). The van der Waals surface area contributed by atoms with Crippen LogP contribution in [0.2, 0.25) is 5.02 Å². The fourth-order valence-corrected chi connectivity index (χ4v) is 1.97. The highest BCUT2D eigenvalue weighted by Crippen LogP contribution is 2.34. The SMILES string of the molecule is CCc1cc(Cl)c(OC)c(C(O)CNC)c1. The van der Waals surface area contributed by atoms with E-state index in [1.54, 1.807) is 14.2 Å². The van der Waals surface area contributed by atoms with Crippen molar-refractivity contribution in [1.82, 2.24) is 5.32 Å². The average Bonchev–Trinajstić information content (AvgIpc) is 2.28. The second-order valence-electron chi connectivity index (χ2n) is 3.63. The van der Waals surface area contributed by atoms with Gasteiger partial charge in [0.1, 0.15) is 5.75 Å². The number of halogens is 1. The smallest absolute Gasteiger partial charge is 0.143 e. The molecular weight excluding hydrogens is 226 g/mol. The monoisotopic (exact) mass is 243 g/mol. The van der Waals surface area contributed by atoms with E-state index in [9.17, 15) is 5.11 Å². The maximum absolute atomic E-state index is 9.98. The molecule has 0 amide bonds. The van der Waals surface area contributed by atoms with Gasteiger partial charge in [-0.1, -0.05) is 18.5 Å². The predicted octanol–water partition coefficient (Wildman–Crippen LogP) is 2.16. The normalized spacial score (nSPS) is 12.6. The largest absolute Gasteiger partial charge is 0.495 e. The number of hydrogen-bond donors (Lipinski definition) is 2. The maximum Gasteiger partial charge on any atom is 0.143 e. The highest BCUT2D eigenvalue weighted by Gasteiger charge is 2.16. The third-order valence-corrected chi connectivity index (χ3v) is 2.78. The first-order chi connectivity index (χ1) is 7.63. The first-order valence-electron chi connectivity index (χ1n) is 5.33. The van der Waals surface area contributed by atoms with Crippen LogP contribution >= 0.6 is 11.6 Å². The molecule has 0 bridgehead atoms. The topological polar surface area (TPSA) is 41.5 Å². The molecule has 0 spiro atoms. The van der Waals surface area contributed by atoms with Gasteiger partial charge in [-0.3, -0.25) is 0 Å². The fraction of sp³-hybridized carbons (Fsp3) is 0.500. The molecule has 16 heavy (non-hydrogen) atoms. The molecule has 90 valence electrons. The van der Waals surface area contributed by atoms with Gasteiger partial charge in [0.25, 0.3) is 0 Å². The molecule has 1 unspecified atom stereocenters. The van der Waals surface area contributed by atoms with Crippen molar-refractivity contribution < 1.29 is 9.84 Å². The standard InChI is InChI=1S/C12H18ClNO2/c1-4-8-5-9(11(15)7-14-2)12(16-3)10(13)6-8/h5-6,11,14-15H,4,7H2,1-3H3. The minimum absolute atomic E-state index is 0.472. The van der Waals surface area contributed by atoms with Crippen LogP contribution in [-0.4, -0.2) is 25.8 Å². The molecule has 0 fully saturated rings. The number of aliphatic hydroxyl groups is 1. The first-order valence-corrected chi connectivity index (χ1v) is 5.70. The zero-order valence-corrected chi connectivity index (χ0v) is 10.6. The van der Waals surface area contributed by atoms with Gasteiger partial charge in [0.05, 0.1) is 18.2 Å². The second-order valence-corrected chi connectivity index (χ2v) is 4.03. The molecule has 0 radical (unpaired) electrons. The number of hydrogen-bond acceptors (Lipinski definition) is 3. The molecule has 0 aliphatic carbocycles. The van der Waals surface area contributed by atoms with E-state index in [1.165, 1.54) is 0 Å². The van der Waals surface area contributed by atoms with Gasteiger partial charge in [0.2, 0.25) is 0 Å². The highest BCUT2D eigenvalue weighted by molar-refractivity contribution is 6.32. The van der Waals surface area contributed by atoms with Gasteiger partial charge in [0.15, 0.2) is 0 Å². The Kier molecular flexibility index (Phi) is 5.06. The lowest BCUT2D eigenvalue weighted by atomic mass is 10.0. The third kappa shape index (κ3) is 2.88. The fourth-order valence-electron chi connectivity index (χ4n) is 1.64. The summed E-state index contributed by atoms with van der Waals surface area (Å²) in [6.07, 6.45) is 0.271. The van der Waals surface area contributed by atoms with Crippen LogP contribution in [-0.2, 0) is 6.42 Å². The number of benzene rings is 1. The van der Waals surface area contributed by atoms with Crippen LogP contribution in [0.25, 0.3) is 0 Å². The van der Waals surface area contributed by atoms with Crippen molar-refractivity contribution in [2.45, 2.75) is 19.4 Å². The van der Waals surface area contributed by atoms with Gasteiger partial charge >= 0.3 is 0 Å². The maximum atomic E-state index is 9.98. The molecule has 1 atom stereocenters. The molecule has 2 N–H and O–H groups in total. The second kappa shape index (κ2) is 6.09. The molecule has 1 aromatic carbocycles. The van der Waals surface area contributed by atoms with Crippen molar-refractivity contribution in [3.8, 4) is 5.75 Å². The zero-order valence-electron chi connectivity index (χ0n) is 9.88. The lowest BCUT2D eigenvalue weighted by Crippen LogP contribution is -2.17. The number of methoxy groups -OCH3 is 1. The van der Waals surface area contributed by atoms with E-state index < -0.39 is 6.10 Å². The van der Waals surface area contributed by atoms with Crippen molar-refractivity contribution in [2.75, 3.05) is 20.7 Å². The first kappa shape index (κ1) is 13.3. The Bertz CT molecular complexity index is 355. The van der Waals surface area contributed by atoms with Gasteiger partial charge in [-0.2, -0.15) is 0 Å². The van der Waals surface area contributed by atoms with E-state index in [-0.39, 0.29) is 0 Å². The van der Waals surface area contributed by atoms with Crippen LogP contribution in [0.1, 0.15) is 24.2 Å².